The van der Waals surface area contributed by atoms with Crippen LogP contribution >= 0.6 is 0 Å². The van der Waals surface area contributed by atoms with Crippen LogP contribution in [0.4, 0.5) is 5.69 Å². The number of hydrogen-bond acceptors (Lipinski definition) is 4. The van der Waals surface area contributed by atoms with E-state index in [1.807, 2.05) is 64.1 Å². The number of anilines is 1. The molecular formula is C33H43N3O4S. The van der Waals surface area contributed by atoms with Crippen LogP contribution in [0.15, 0.2) is 83.8 Å². The Bertz CT molecular complexity index is 1390. The molecule has 0 aliphatic rings. The van der Waals surface area contributed by atoms with Crippen molar-refractivity contribution in [1.29, 1.82) is 0 Å². The van der Waals surface area contributed by atoms with Crippen LogP contribution in [0.1, 0.15) is 70.1 Å². The monoisotopic (exact) mass is 577 g/mol. The third kappa shape index (κ3) is 8.19. The zero-order valence-electron chi connectivity index (χ0n) is 25.0. The number of amides is 2. The van der Waals surface area contributed by atoms with E-state index in [-0.39, 0.29) is 29.3 Å². The molecule has 3 rings (SSSR count). The number of hydrogen-bond donors (Lipinski definition) is 1. The number of nitrogens with zero attached hydrogens (tertiary/aromatic N) is 2. The molecule has 8 heteroatoms. The second-order valence-corrected chi connectivity index (χ2v) is 12.7. The zero-order chi connectivity index (χ0) is 30.2. The average molecular weight is 578 g/mol. The third-order valence-corrected chi connectivity index (χ3v) is 9.11. The number of aryl methyl sites for hydroxylation is 1. The molecule has 3 aromatic rings. The van der Waals surface area contributed by atoms with Gasteiger partial charge < -0.3 is 10.2 Å². The summed E-state index contributed by atoms with van der Waals surface area (Å²) in [6.45, 7) is 11.6. The van der Waals surface area contributed by atoms with E-state index in [2.05, 4.69) is 19.2 Å². The van der Waals surface area contributed by atoms with Crippen molar-refractivity contribution in [3.63, 3.8) is 0 Å². The quantitative estimate of drug-likeness (QED) is 0.269. The van der Waals surface area contributed by atoms with Gasteiger partial charge in [0.1, 0.15) is 12.6 Å². The van der Waals surface area contributed by atoms with Gasteiger partial charge in [0.05, 0.1) is 10.6 Å². The summed E-state index contributed by atoms with van der Waals surface area (Å²) in [5.41, 5.74) is 3.39. The van der Waals surface area contributed by atoms with Gasteiger partial charge in [-0.05, 0) is 68.0 Å². The van der Waals surface area contributed by atoms with Crippen molar-refractivity contribution in [2.24, 2.45) is 0 Å². The number of rotatable bonds is 13. The fourth-order valence-corrected chi connectivity index (χ4v) is 5.96. The lowest BCUT2D eigenvalue weighted by Gasteiger charge is -2.33. The van der Waals surface area contributed by atoms with E-state index in [9.17, 15) is 18.0 Å². The predicted octanol–water partition coefficient (Wildman–Crippen LogP) is 6.04. The molecule has 3 aromatic carbocycles. The van der Waals surface area contributed by atoms with Crippen molar-refractivity contribution in [3.05, 3.63) is 95.6 Å². The first-order valence-electron chi connectivity index (χ1n) is 14.3. The second kappa shape index (κ2) is 14.3. The van der Waals surface area contributed by atoms with Crippen molar-refractivity contribution >= 4 is 27.5 Å². The van der Waals surface area contributed by atoms with E-state index in [0.29, 0.717) is 12.1 Å². The van der Waals surface area contributed by atoms with Gasteiger partial charge in [0, 0.05) is 12.6 Å². The SMILES string of the molecule is CC[C@@H](C)NC(=O)[C@@H](CC)N(Cc1ccc(C)cc1)C(=O)CN(c1ccc(C(C)C)cc1)S(=O)(=O)c1ccccc1. The first-order chi connectivity index (χ1) is 19.5. The molecule has 220 valence electrons. The molecule has 2 atom stereocenters. The number of nitrogens with one attached hydrogen (secondary N) is 1. The minimum absolute atomic E-state index is 0.0534. The predicted molar refractivity (Wildman–Crippen MR) is 165 cm³/mol. The Morgan fingerprint density at radius 1 is 0.829 bits per heavy atom. The molecule has 0 fully saturated rings. The summed E-state index contributed by atoms with van der Waals surface area (Å²) in [6, 6.07) is 22.3. The maximum atomic E-state index is 14.2. The summed E-state index contributed by atoms with van der Waals surface area (Å²) in [4.78, 5) is 29.1. The van der Waals surface area contributed by atoms with Crippen molar-refractivity contribution in [2.45, 2.75) is 83.8 Å². The van der Waals surface area contributed by atoms with E-state index < -0.39 is 28.5 Å². The van der Waals surface area contributed by atoms with Crippen LogP contribution in [-0.2, 0) is 26.2 Å². The molecule has 1 N–H and O–H groups in total. The Hall–Kier alpha value is -3.65. The summed E-state index contributed by atoms with van der Waals surface area (Å²) >= 11 is 0. The molecule has 0 saturated heterocycles. The molecule has 0 unspecified atom stereocenters. The molecule has 0 radical (unpaired) electrons. The first kappa shape index (κ1) is 31.9. The Morgan fingerprint density at radius 3 is 1.98 bits per heavy atom. The normalized spacial score (nSPS) is 13.0. The average Bonchev–Trinajstić information content (AvgIpc) is 2.97. The maximum absolute atomic E-state index is 14.2. The topological polar surface area (TPSA) is 86.8 Å². The van der Waals surface area contributed by atoms with E-state index >= 15 is 0 Å². The summed E-state index contributed by atoms with van der Waals surface area (Å²) in [6.07, 6.45) is 1.14. The Balaban J connectivity index is 2.05. The van der Waals surface area contributed by atoms with Gasteiger partial charge in [-0.15, -0.1) is 0 Å². The van der Waals surface area contributed by atoms with Crippen LogP contribution in [0.2, 0.25) is 0 Å². The van der Waals surface area contributed by atoms with Crippen molar-refractivity contribution < 1.29 is 18.0 Å². The molecule has 0 heterocycles. The Labute approximate surface area is 245 Å². The summed E-state index contributed by atoms with van der Waals surface area (Å²) in [5, 5.41) is 3.00. The third-order valence-electron chi connectivity index (χ3n) is 7.32. The van der Waals surface area contributed by atoms with Crippen LogP contribution in [0.5, 0.6) is 0 Å². The molecule has 7 nitrogen and oxygen atoms in total. The van der Waals surface area contributed by atoms with Crippen molar-refractivity contribution in [1.82, 2.24) is 10.2 Å². The molecule has 0 aliphatic carbocycles. The summed E-state index contributed by atoms with van der Waals surface area (Å²) in [5.74, 6) is -0.436. The van der Waals surface area contributed by atoms with Gasteiger partial charge in [-0.25, -0.2) is 8.42 Å². The highest BCUT2D eigenvalue weighted by molar-refractivity contribution is 7.92. The largest absolute Gasteiger partial charge is 0.352 e. The molecule has 41 heavy (non-hydrogen) atoms. The molecule has 0 aromatic heterocycles. The highest BCUT2D eigenvalue weighted by Crippen LogP contribution is 2.27. The van der Waals surface area contributed by atoms with Crippen LogP contribution in [0.3, 0.4) is 0 Å². The lowest BCUT2D eigenvalue weighted by molar-refractivity contribution is -0.140. The van der Waals surface area contributed by atoms with Crippen LogP contribution in [0.25, 0.3) is 0 Å². The smallest absolute Gasteiger partial charge is 0.264 e. The van der Waals surface area contributed by atoms with Gasteiger partial charge in [0.25, 0.3) is 10.0 Å². The lowest BCUT2D eigenvalue weighted by Crippen LogP contribution is -2.53. The maximum Gasteiger partial charge on any atom is 0.264 e. The van der Waals surface area contributed by atoms with E-state index in [4.69, 9.17) is 0 Å². The first-order valence-corrected chi connectivity index (χ1v) is 15.7. The van der Waals surface area contributed by atoms with Gasteiger partial charge in [0.2, 0.25) is 11.8 Å². The fourth-order valence-electron chi connectivity index (χ4n) is 4.52. The summed E-state index contributed by atoms with van der Waals surface area (Å²) < 4.78 is 29.0. The second-order valence-electron chi connectivity index (χ2n) is 10.8. The highest BCUT2D eigenvalue weighted by Gasteiger charge is 2.34. The van der Waals surface area contributed by atoms with Gasteiger partial charge >= 0.3 is 0 Å². The molecule has 0 spiro atoms. The molecule has 0 saturated carbocycles. The molecule has 2 amide bonds. The molecule has 0 bridgehead atoms. The van der Waals surface area contributed by atoms with Gasteiger partial charge in [-0.3, -0.25) is 13.9 Å². The minimum Gasteiger partial charge on any atom is -0.352 e. The number of benzene rings is 3. The van der Waals surface area contributed by atoms with Crippen molar-refractivity contribution in [2.75, 3.05) is 10.8 Å². The highest BCUT2D eigenvalue weighted by atomic mass is 32.2. The van der Waals surface area contributed by atoms with E-state index in [1.165, 1.54) is 17.0 Å². The van der Waals surface area contributed by atoms with Crippen LogP contribution in [-0.4, -0.2) is 43.8 Å². The minimum atomic E-state index is -4.08. The Kier molecular flexibility index (Phi) is 11.1. The Morgan fingerprint density at radius 2 is 1.44 bits per heavy atom. The van der Waals surface area contributed by atoms with Crippen LogP contribution in [0, 0.1) is 6.92 Å². The lowest BCUT2D eigenvalue weighted by atomic mass is 10.0. The zero-order valence-corrected chi connectivity index (χ0v) is 25.8. The van der Waals surface area contributed by atoms with E-state index in [1.54, 1.807) is 30.3 Å². The molecular weight excluding hydrogens is 534 g/mol. The summed E-state index contributed by atoms with van der Waals surface area (Å²) in [7, 11) is -4.08. The van der Waals surface area contributed by atoms with Crippen LogP contribution < -0.4 is 9.62 Å². The van der Waals surface area contributed by atoms with Gasteiger partial charge in [0.15, 0.2) is 0 Å². The van der Waals surface area contributed by atoms with Crippen molar-refractivity contribution in [3.8, 4) is 0 Å². The number of sulfonamides is 1. The van der Waals surface area contributed by atoms with E-state index in [0.717, 1.165) is 27.4 Å². The van der Waals surface area contributed by atoms with Gasteiger partial charge in [-0.1, -0.05) is 87.9 Å². The number of carbonyl (C=O) groups is 2. The standard InChI is InChI=1S/C33H43N3O4S/c1-7-26(6)34-33(38)31(8-2)35(22-27-16-14-25(5)15-17-27)32(37)23-36(29-20-18-28(19-21-29)24(3)4)41(39,40)30-12-10-9-11-13-30/h9-21,24,26,31H,7-8,22-23H2,1-6H3,(H,34,38)/t26-,31-/m1/s1. The van der Waals surface area contributed by atoms with Gasteiger partial charge in [-0.2, -0.15) is 0 Å². The molecule has 0 aliphatic heterocycles. The fraction of sp³-hybridized carbons (Fsp3) is 0.394. The number of carbonyl (C=O) groups excluding carboxylic acids is 2.